The van der Waals surface area contributed by atoms with E-state index in [0.717, 1.165) is 35.7 Å². The number of aromatic nitrogens is 2. The Morgan fingerprint density at radius 1 is 1.00 bits per heavy atom. The molecule has 1 fully saturated rings. The number of hydrogen-bond donors (Lipinski definition) is 1. The van der Waals surface area contributed by atoms with E-state index in [9.17, 15) is 4.79 Å². The molecule has 3 aromatic rings. The third-order valence-electron chi connectivity index (χ3n) is 5.68. The van der Waals surface area contributed by atoms with Crippen LogP contribution >= 0.6 is 0 Å². The van der Waals surface area contributed by atoms with E-state index in [-0.39, 0.29) is 5.91 Å². The number of ether oxygens (including phenoxy) is 2. The van der Waals surface area contributed by atoms with Crippen LogP contribution in [0.1, 0.15) is 35.2 Å². The SMILES string of the molecule is COc1ccc(OC)c(CNC(=O)c2cccc(-c3cc(N4CCCCC4)ncn3)c2)c1. The normalized spacial score (nSPS) is 13.5. The van der Waals surface area contributed by atoms with Crippen LogP contribution in [0.3, 0.4) is 0 Å². The molecule has 166 valence electrons. The van der Waals surface area contributed by atoms with E-state index in [1.54, 1.807) is 26.6 Å². The third-order valence-corrected chi connectivity index (χ3v) is 5.68. The molecule has 2 heterocycles. The second-order valence-corrected chi connectivity index (χ2v) is 7.75. The maximum absolute atomic E-state index is 12.8. The third kappa shape index (κ3) is 4.99. The maximum atomic E-state index is 12.8. The largest absolute Gasteiger partial charge is 0.497 e. The maximum Gasteiger partial charge on any atom is 0.251 e. The first-order valence-electron chi connectivity index (χ1n) is 10.8. The fourth-order valence-corrected chi connectivity index (χ4v) is 3.92. The highest BCUT2D eigenvalue weighted by Gasteiger charge is 2.14. The van der Waals surface area contributed by atoms with Gasteiger partial charge in [-0.05, 0) is 49.6 Å². The minimum absolute atomic E-state index is 0.165. The Morgan fingerprint density at radius 3 is 2.62 bits per heavy atom. The summed E-state index contributed by atoms with van der Waals surface area (Å²) in [4.78, 5) is 24.0. The Bertz CT molecular complexity index is 1080. The molecule has 7 heteroatoms. The average molecular weight is 433 g/mol. The molecule has 1 aliphatic rings. The summed E-state index contributed by atoms with van der Waals surface area (Å²) in [6, 6.07) is 15.0. The molecule has 7 nitrogen and oxygen atoms in total. The molecule has 0 saturated carbocycles. The number of anilines is 1. The van der Waals surface area contributed by atoms with Crippen molar-refractivity contribution in [1.82, 2.24) is 15.3 Å². The van der Waals surface area contributed by atoms with Gasteiger partial charge in [0.25, 0.3) is 5.91 Å². The average Bonchev–Trinajstić information content (AvgIpc) is 2.87. The minimum atomic E-state index is -0.165. The predicted octanol–water partition coefficient (Wildman–Crippen LogP) is 4.08. The lowest BCUT2D eigenvalue weighted by molar-refractivity contribution is 0.0950. The summed E-state index contributed by atoms with van der Waals surface area (Å²) in [7, 11) is 3.22. The quantitative estimate of drug-likeness (QED) is 0.606. The first-order valence-corrected chi connectivity index (χ1v) is 10.8. The summed E-state index contributed by atoms with van der Waals surface area (Å²) in [5.41, 5.74) is 3.11. The number of nitrogens with zero attached hydrogens (tertiary/aromatic N) is 3. The molecule has 0 radical (unpaired) electrons. The van der Waals surface area contributed by atoms with Crippen LogP contribution in [0.5, 0.6) is 11.5 Å². The van der Waals surface area contributed by atoms with Crippen LogP contribution < -0.4 is 19.7 Å². The predicted molar refractivity (Wildman–Crippen MR) is 124 cm³/mol. The van der Waals surface area contributed by atoms with Gasteiger partial charge >= 0.3 is 0 Å². The van der Waals surface area contributed by atoms with Crippen LogP contribution in [0.25, 0.3) is 11.3 Å². The summed E-state index contributed by atoms with van der Waals surface area (Å²) in [6.07, 6.45) is 5.24. The summed E-state index contributed by atoms with van der Waals surface area (Å²) in [6.45, 7) is 2.37. The van der Waals surface area contributed by atoms with Crippen LogP contribution in [0, 0.1) is 0 Å². The number of carbonyl (C=O) groups is 1. The lowest BCUT2D eigenvalue weighted by atomic mass is 10.1. The Kier molecular flexibility index (Phi) is 6.84. The van der Waals surface area contributed by atoms with Crippen molar-refractivity contribution < 1.29 is 14.3 Å². The first-order chi connectivity index (χ1) is 15.7. The van der Waals surface area contributed by atoms with Gasteiger partial charge < -0.3 is 19.7 Å². The number of benzene rings is 2. The zero-order valence-corrected chi connectivity index (χ0v) is 18.5. The highest BCUT2D eigenvalue weighted by molar-refractivity contribution is 5.95. The standard InChI is InChI=1S/C25H28N4O3/c1-31-21-9-10-23(32-2)20(14-21)16-26-25(30)19-8-6-7-18(13-19)22-15-24(28-17-27-22)29-11-4-3-5-12-29/h6-10,13-15,17H,3-5,11-12,16H2,1-2H3,(H,26,30). The highest BCUT2D eigenvalue weighted by Crippen LogP contribution is 2.25. The van der Waals surface area contributed by atoms with Crippen LogP contribution in [0.2, 0.25) is 0 Å². The summed E-state index contributed by atoms with van der Waals surface area (Å²) >= 11 is 0. The number of piperidine rings is 1. The van der Waals surface area contributed by atoms with Gasteiger partial charge in [0.2, 0.25) is 0 Å². The summed E-state index contributed by atoms with van der Waals surface area (Å²) < 4.78 is 10.7. The van der Waals surface area contributed by atoms with Crippen LogP contribution in [-0.2, 0) is 6.54 Å². The zero-order valence-electron chi connectivity index (χ0n) is 18.5. The number of nitrogens with one attached hydrogen (secondary N) is 1. The van der Waals surface area contributed by atoms with E-state index in [0.29, 0.717) is 23.6 Å². The number of carbonyl (C=O) groups excluding carboxylic acids is 1. The lowest BCUT2D eigenvalue weighted by Gasteiger charge is -2.27. The van der Waals surface area contributed by atoms with Crippen molar-refractivity contribution in [2.45, 2.75) is 25.8 Å². The van der Waals surface area contributed by atoms with Gasteiger partial charge in [0.1, 0.15) is 23.6 Å². The summed E-state index contributed by atoms with van der Waals surface area (Å²) in [5, 5.41) is 2.97. The Morgan fingerprint density at radius 2 is 1.84 bits per heavy atom. The Balaban J connectivity index is 1.49. The topological polar surface area (TPSA) is 76.6 Å². The Hall–Kier alpha value is -3.61. The highest BCUT2D eigenvalue weighted by atomic mass is 16.5. The number of hydrogen-bond acceptors (Lipinski definition) is 6. The van der Waals surface area contributed by atoms with Crippen LogP contribution in [-0.4, -0.2) is 43.2 Å². The Labute approximate surface area is 188 Å². The lowest BCUT2D eigenvalue weighted by Crippen LogP contribution is -2.30. The van der Waals surface area contributed by atoms with E-state index < -0.39 is 0 Å². The van der Waals surface area contributed by atoms with E-state index in [4.69, 9.17) is 9.47 Å². The zero-order chi connectivity index (χ0) is 22.3. The van der Waals surface area contributed by atoms with Crippen molar-refractivity contribution in [3.8, 4) is 22.8 Å². The van der Waals surface area contributed by atoms with E-state index >= 15 is 0 Å². The van der Waals surface area contributed by atoms with Gasteiger partial charge in [-0.1, -0.05) is 12.1 Å². The van der Waals surface area contributed by atoms with Gasteiger partial charge in [-0.2, -0.15) is 0 Å². The van der Waals surface area contributed by atoms with Crippen LogP contribution in [0.15, 0.2) is 54.9 Å². The van der Waals surface area contributed by atoms with Gasteiger partial charge in [0.15, 0.2) is 0 Å². The fourth-order valence-electron chi connectivity index (χ4n) is 3.92. The molecule has 0 spiro atoms. The van der Waals surface area contributed by atoms with Gasteiger partial charge in [-0.3, -0.25) is 4.79 Å². The van der Waals surface area contributed by atoms with Gasteiger partial charge in [0, 0.05) is 42.4 Å². The van der Waals surface area contributed by atoms with Crippen molar-refractivity contribution in [2.24, 2.45) is 0 Å². The van der Waals surface area contributed by atoms with E-state index in [1.807, 2.05) is 42.5 Å². The molecule has 1 saturated heterocycles. The van der Waals surface area contributed by atoms with Crippen LogP contribution in [0.4, 0.5) is 5.82 Å². The molecule has 0 bridgehead atoms. The van der Waals surface area contributed by atoms with Gasteiger partial charge in [-0.15, -0.1) is 0 Å². The molecule has 0 atom stereocenters. The molecular weight excluding hydrogens is 404 g/mol. The van der Waals surface area contributed by atoms with E-state index in [2.05, 4.69) is 20.2 Å². The van der Waals surface area contributed by atoms with Gasteiger partial charge in [0.05, 0.1) is 19.9 Å². The number of methoxy groups -OCH3 is 2. The first kappa shape index (κ1) is 21.6. The smallest absolute Gasteiger partial charge is 0.251 e. The van der Waals surface area contributed by atoms with E-state index in [1.165, 1.54) is 19.3 Å². The second kappa shape index (κ2) is 10.1. The van der Waals surface area contributed by atoms with Crippen molar-refractivity contribution in [1.29, 1.82) is 0 Å². The molecule has 1 aliphatic heterocycles. The van der Waals surface area contributed by atoms with Crippen molar-refractivity contribution in [3.63, 3.8) is 0 Å². The molecule has 32 heavy (non-hydrogen) atoms. The van der Waals surface area contributed by atoms with Crippen molar-refractivity contribution in [3.05, 3.63) is 66.0 Å². The second-order valence-electron chi connectivity index (χ2n) is 7.75. The fraction of sp³-hybridized carbons (Fsp3) is 0.320. The molecule has 0 aliphatic carbocycles. The molecule has 1 aromatic heterocycles. The van der Waals surface area contributed by atoms with Crippen molar-refractivity contribution in [2.75, 3.05) is 32.2 Å². The molecule has 2 aromatic carbocycles. The van der Waals surface area contributed by atoms with Crippen molar-refractivity contribution >= 4 is 11.7 Å². The monoisotopic (exact) mass is 432 g/mol. The number of rotatable bonds is 7. The summed E-state index contributed by atoms with van der Waals surface area (Å²) in [5.74, 6) is 2.19. The number of amides is 1. The molecule has 1 amide bonds. The minimum Gasteiger partial charge on any atom is -0.497 e. The van der Waals surface area contributed by atoms with Gasteiger partial charge in [-0.25, -0.2) is 9.97 Å². The molecular formula is C25H28N4O3. The molecule has 4 rings (SSSR count). The molecule has 1 N–H and O–H groups in total. The molecule has 0 unspecified atom stereocenters.